The smallest absolute Gasteiger partial charge is 0.238 e. The zero-order valence-corrected chi connectivity index (χ0v) is 17.1. The summed E-state index contributed by atoms with van der Waals surface area (Å²) in [5.74, 6) is 0.350. The van der Waals surface area contributed by atoms with Gasteiger partial charge in [-0.05, 0) is 54.6 Å². The molecule has 0 atom stereocenters. The lowest BCUT2D eigenvalue weighted by molar-refractivity contribution is -0.119. The number of hydrogen-bond donors (Lipinski definition) is 2. The third kappa shape index (κ3) is 6.18. The summed E-state index contributed by atoms with van der Waals surface area (Å²) in [6, 6.07) is 24.8. The highest BCUT2D eigenvalue weighted by Gasteiger charge is 2.11. The molecule has 0 spiro atoms. The number of carbonyl (C=O) groups is 2. The van der Waals surface area contributed by atoms with Crippen LogP contribution in [0.4, 0.5) is 11.4 Å². The van der Waals surface area contributed by atoms with Gasteiger partial charge >= 0.3 is 0 Å². The second-order valence-electron chi connectivity index (χ2n) is 6.94. The summed E-state index contributed by atoms with van der Waals surface area (Å²) in [4.78, 5) is 26.1. The molecule has 6 nitrogen and oxygen atoms in total. The highest BCUT2D eigenvalue weighted by molar-refractivity contribution is 5.94. The average molecular weight is 403 g/mol. The maximum atomic E-state index is 12.3. The molecule has 2 N–H and O–H groups in total. The van der Waals surface area contributed by atoms with Gasteiger partial charge in [0, 0.05) is 11.4 Å². The van der Waals surface area contributed by atoms with Gasteiger partial charge in [-0.15, -0.1) is 0 Å². The van der Waals surface area contributed by atoms with Crippen LogP contribution in [0.2, 0.25) is 0 Å². The van der Waals surface area contributed by atoms with Crippen LogP contribution in [-0.2, 0) is 9.59 Å². The first-order valence-electron chi connectivity index (χ1n) is 9.61. The van der Waals surface area contributed by atoms with Gasteiger partial charge in [-0.25, -0.2) is 0 Å². The highest BCUT2D eigenvalue weighted by atomic mass is 16.5. The molecule has 154 valence electrons. The minimum absolute atomic E-state index is 0.104. The molecule has 0 saturated carbocycles. The fraction of sp³-hybridized carbons (Fsp3) is 0.167. The molecule has 0 aliphatic heterocycles. The lowest BCUT2D eigenvalue weighted by Gasteiger charge is -2.16. The molecule has 0 aliphatic rings. The number of anilines is 2. The molecule has 0 fully saturated rings. The quantitative estimate of drug-likeness (QED) is 0.599. The SMILES string of the molecule is COc1ccc(NC(=O)CN(C)CC(=O)Nc2ccc(-c3ccccc3)cc2)cc1. The van der Waals surface area contributed by atoms with E-state index in [2.05, 4.69) is 10.6 Å². The molecule has 0 aliphatic carbocycles. The van der Waals surface area contributed by atoms with Gasteiger partial charge in [-0.1, -0.05) is 42.5 Å². The van der Waals surface area contributed by atoms with Crippen LogP contribution < -0.4 is 15.4 Å². The Bertz CT molecular complexity index is 971. The van der Waals surface area contributed by atoms with Crippen LogP contribution >= 0.6 is 0 Å². The Balaban J connectivity index is 1.46. The number of methoxy groups -OCH3 is 1. The van der Waals surface area contributed by atoms with Crippen molar-refractivity contribution in [3.8, 4) is 16.9 Å². The van der Waals surface area contributed by atoms with Gasteiger partial charge in [0.2, 0.25) is 11.8 Å². The minimum atomic E-state index is -0.192. The largest absolute Gasteiger partial charge is 0.497 e. The first-order valence-corrected chi connectivity index (χ1v) is 9.61. The zero-order valence-electron chi connectivity index (χ0n) is 17.1. The van der Waals surface area contributed by atoms with Gasteiger partial charge < -0.3 is 15.4 Å². The van der Waals surface area contributed by atoms with Crippen molar-refractivity contribution in [3.63, 3.8) is 0 Å². The zero-order chi connectivity index (χ0) is 21.3. The summed E-state index contributed by atoms with van der Waals surface area (Å²) in [7, 11) is 3.32. The van der Waals surface area contributed by atoms with Gasteiger partial charge in [0.1, 0.15) is 5.75 Å². The van der Waals surface area contributed by atoms with E-state index in [0.717, 1.165) is 22.6 Å². The van der Waals surface area contributed by atoms with E-state index in [-0.39, 0.29) is 24.9 Å². The molecule has 0 unspecified atom stereocenters. The summed E-state index contributed by atoms with van der Waals surface area (Å²) in [5, 5.41) is 5.66. The number of carbonyl (C=O) groups excluding carboxylic acids is 2. The summed E-state index contributed by atoms with van der Waals surface area (Å²) < 4.78 is 5.09. The Morgan fingerprint density at radius 1 is 0.733 bits per heavy atom. The van der Waals surface area contributed by atoms with Crippen LogP contribution in [0.5, 0.6) is 5.75 Å². The van der Waals surface area contributed by atoms with Crippen molar-refractivity contribution in [1.29, 1.82) is 0 Å². The predicted molar refractivity (Wildman–Crippen MR) is 120 cm³/mol. The van der Waals surface area contributed by atoms with E-state index in [1.165, 1.54) is 0 Å². The number of likely N-dealkylation sites (N-methyl/N-ethyl adjacent to an activating group) is 1. The Morgan fingerprint density at radius 2 is 1.20 bits per heavy atom. The molecule has 0 aromatic heterocycles. The van der Waals surface area contributed by atoms with Crippen molar-refractivity contribution in [3.05, 3.63) is 78.9 Å². The van der Waals surface area contributed by atoms with E-state index in [1.54, 1.807) is 43.3 Å². The lowest BCUT2D eigenvalue weighted by Crippen LogP contribution is -2.36. The Morgan fingerprint density at radius 3 is 1.70 bits per heavy atom. The summed E-state index contributed by atoms with van der Waals surface area (Å²) in [5.41, 5.74) is 3.60. The third-order valence-electron chi connectivity index (χ3n) is 4.48. The van der Waals surface area contributed by atoms with Gasteiger partial charge in [0.25, 0.3) is 0 Å². The van der Waals surface area contributed by atoms with Crippen molar-refractivity contribution >= 4 is 23.2 Å². The van der Waals surface area contributed by atoms with Crippen molar-refractivity contribution in [2.45, 2.75) is 0 Å². The van der Waals surface area contributed by atoms with E-state index in [9.17, 15) is 9.59 Å². The fourth-order valence-corrected chi connectivity index (χ4v) is 3.00. The topological polar surface area (TPSA) is 70.7 Å². The summed E-state index contributed by atoms with van der Waals surface area (Å²) in [6.45, 7) is 0.211. The monoisotopic (exact) mass is 403 g/mol. The number of ether oxygens (including phenoxy) is 1. The number of hydrogen-bond acceptors (Lipinski definition) is 4. The highest BCUT2D eigenvalue weighted by Crippen LogP contribution is 2.21. The van der Waals surface area contributed by atoms with Gasteiger partial charge in [0.05, 0.1) is 20.2 Å². The summed E-state index contributed by atoms with van der Waals surface area (Å²) >= 11 is 0. The van der Waals surface area contributed by atoms with Crippen LogP contribution in [0.15, 0.2) is 78.9 Å². The minimum Gasteiger partial charge on any atom is -0.497 e. The van der Waals surface area contributed by atoms with E-state index in [1.807, 2.05) is 54.6 Å². The first-order chi connectivity index (χ1) is 14.5. The van der Waals surface area contributed by atoms with Gasteiger partial charge in [-0.2, -0.15) is 0 Å². The van der Waals surface area contributed by atoms with Crippen molar-refractivity contribution in [2.24, 2.45) is 0 Å². The van der Waals surface area contributed by atoms with E-state index in [0.29, 0.717) is 5.69 Å². The Kier molecular flexibility index (Phi) is 7.19. The number of nitrogens with one attached hydrogen (secondary N) is 2. The molecular formula is C24H25N3O3. The van der Waals surface area contributed by atoms with Crippen LogP contribution in [0.25, 0.3) is 11.1 Å². The average Bonchev–Trinajstić information content (AvgIpc) is 2.75. The van der Waals surface area contributed by atoms with Gasteiger partial charge in [0.15, 0.2) is 0 Å². The molecule has 3 rings (SSSR count). The number of rotatable bonds is 8. The fourth-order valence-electron chi connectivity index (χ4n) is 3.00. The van der Waals surface area contributed by atoms with Crippen LogP contribution in [-0.4, -0.2) is 44.0 Å². The van der Waals surface area contributed by atoms with Crippen LogP contribution in [0.3, 0.4) is 0 Å². The molecule has 0 radical (unpaired) electrons. The maximum Gasteiger partial charge on any atom is 0.238 e. The normalized spacial score (nSPS) is 10.5. The molecule has 2 amide bonds. The second kappa shape index (κ2) is 10.2. The first kappa shape index (κ1) is 21.1. The number of amides is 2. The Labute approximate surface area is 176 Å². The van der Waals surface area contributed by atoms with E-state index >= 15 is 0 Å². The van der Waals surface area contributed by atoms with Crippen molar-refractivity contribution < 1.29 is 14.3 Å². The molecule has 0 heterocycles. The second-order valence-corrected chi connectivity index (χ2v) is 6.94. The molecule has 0 bridgehead atoms. The molecule has 3 aromatic rings. The maximum absolute atomic E-state index is 12.3. The third-order valence-corrected chi connectivity index (χ3v) is 4.48. The molecule has 6 heteroatoms. The number of nitrogens with zero attached hydrogens (tertiary/aromatic N) is 1. The van der Waals surface area contributed by atoms with Crippen molar-refractivity contribution in [1.82, 2.24) is 4.90 Å². The molecule has 0 saturated heterocycles. The van der Waals surface area contributed by atoms with Crippen LogP contribution in [0.1, 0.15) is 0 Å². The van der Waals surface area contributed by atoms with E-state index < -0.39 is 0 Å². The Hall–Kier alpha value is -3.64. The molecular weight excluding hydrogens is 378 g/mol. The molecule has 3 aromatic carbocycles. The standard InChI is InChI=1S/C24H25N3O3/c1-27(17-24(29)26-21-12-14-22(30-2)15-13-21)16-23(28)25-20-10-8-19(9-11-20)18-6-4-3-5-7-18/h3-15H,16-17H2,1-2H3,(H,25,28)(H,26,29). The van der Waals surface area contributed by atoms with E-state index in [4.69, 9.17) is 4.74 Å². The summed E-state index contributed by atoms with van der Waals surface area (Å²) in [6.07, 6.45) is 0. The van der Waals surface area contributed by atoms with Gasteiger partial charge in [-0.3, -0.25) is 14.5 Å². The molecule has 30 heavy (non-hydrogen) atoms. The number of benzene rings is 3. The van der Waals surface area contributed by atoms with Crippen molar-refractivity contribution in [2.75, 3.05) is 37.9 Å². The predicted octanol–water partition coefficient (Wildman–Crippen LogP) is 3.87. The lowest BCUT2D eigenvalue weighted by atomic mass is 10.1. The van der Waals surface area contributed by atoms with Crippen LogP contribution in [0, 0.1) is 0 Å².